The molecule has 2 aromatic rings. The van der Waals surface area contributed by atoms with Crippen LogP contribution in [0.5, 0.6) is 0 Å². The summed E-state index contributed by atoms with van der Waals surface area (Å²) in [5, 5.41) is 9.32. The van der Waals surface area contributed by atoms with Crippen molar-refractivity contribution in [1.82, 2.24) is 9.80 Å². The number of nitrogens with zero attached hydrogens (tertiary/aromatic N) is 3. The lowest BCUT2D eigenvalue weighted by atomic mass is 9.76. The van der Waals surface area contributed by atoms with Gasteiger partial charge in [0.15, 0.2) is 0 Å². The Kier molecular flexibility index (Phi) is 4.62. The van der Waals surface area contributed by atoms with Gasteiger partial charge in [-0.2, -0.15) is 5.26 Å². The van der Waals surface area contributed by atoms with Crippen LogP contribution in [0.1, 0.15) is 27.9 Å². The highest BCUT2D eigenvalue weighted by Crippen LogP contribution is 2.42. The highest BCUT2D eigenvalue weighted by molar-refractivity contribution is 5.96. The van der Waals surface area contributed by atoms with Crippen LogP contribution >= 0.6 is 0 Å². The molecule has 0 spiro atoms. The highest BCUT2D eigenvalue weighted by Gasteiger charge is 2.53. The fourth-order valence-corrected chi connectivity index (χ4v) is 4.35. The predicted molar refractivity (Wildman–Crippen MR) is 102 cm³/mol. The van der Waals surface area contributed by atoms with Crippen LogP contribution in [0.3, 0.4) is 0 Å². The van der Waals surface area contributed by atoms with E-state index < -0.39 is 5.54 Å². The molecule has 6 nitrogen and oxygen atoms in total. The smallest absolute Gasteiger partial charge is 0.255 e. The molecule has 2 saturated heterocycles. The van der Waals surface area contributed by atoms with E-state index in [4.69, 9.17) is 4.74 Å². The molecule has 2 amide bonds. The van der Waals surface area contributed by atoms with Gasteiger partial charge in [-0.3, -0.25) is 9.59 Å². The molecule has 0 unspecified atom stereocenters. The van der Waals surface area contributed by atoms with Crippen LogP contribution in [0.4, 0.5) is 0 Å². The maximum absolute atomic E-state index is 13.1. The number of ether oxygens (including phenoxy) is 1. The van der Waals surface area contributed by atoms with Crippen LogP contribution in [0.2, 0.25) is 0 Å². The lowest BCUT2D eigenvalue weighted by molar-refractivity contribution is -0.180. The number of likely N-dealkylation sites (tertiary alicyclic amines) is 1. The Balaban J connectivity index is 1.67. The van der Waals surface area contributed by atoms with Crippen molar-refractivity contribution in [3.63, 3.8) is 0 Å². The molecule has 2 heterocycles. The summed E-state index contributed by atoms with van der Waals surface area (Å²) < 4.78 is 5.95. The average molecular weight is 375 g/mol. The standard InChI is InChI=1S/C22H21N3O3/c1-24-20(26)15-28-19-14-25(21(27)18-10-6-5-7-16(18)13-23)12-11-22(19,24)17-8-3-2-4-9-17/h2-10,19H,11-12,14-15H2,1H3/t19-,22+/m1/s1. The zero-order valence-corrected chi connectivity index (χ0v) is 15.7. The van der Waals surface area contributed by atoms with Crippen LogP contribution in [-0.2, 0) is 15.1 Å². The van der Waals surface area contributed by atoms with Gasteiger partial charge in [-0.1, -0.05) is 42.5 Å². The third-order valence-corrected chi connectivity index (χ3v) is 5.90. The van der Waals surface area contributed by atoms with E-state index in [-0.39, 0.29) is 24.5 Å². The molecule has 0 N–H and O–H groups in total. The summed E-state index contributed by atoms with van der Waals surface area (Å²) in [6.45, 7) is 0.850. The van der Waals surface area contributed by atoms with Crippen LogP contribution < -0.4 is 0 Å². The molecule has 28 heavy (non-hydrogen) atoms. The summed E-state index contributed by atoms with van der Waals surface area (Å²) >= 11 is 0. The first-order valence-electron chi connectivity index (χ1n) is 9.30. The molecule has 6 heteroatoms. The minimum absolute atomic E-state index is 0.00651. The number of hydrogen-bond donors (Lipinski definition) is 0. The fraction of sp³-hybridized carbons (Fsp3) is 0.318. The minimum Gasteiger partial charge on any atom is -0.364 e. The Bertz CT molecular complexity index is 953. The molecule has 2 fully saturated rings. The number of rotatable bonds is 2. The first-order chi connectivity index (χ1) is 13.6. The van der Waals surface area contributed by atoms with Gasteiger partial charge in [0.1, 0.15) is 12.7 Å². The highest BCUT2D eigenvalue weighted by atomic mass is 16.5. The molecule has 0 bridgehead atoms. The number of carbonyl (C=O) groups is 2. The molecular weight excluding hydrogens is 354 g/mol. The van der Waals surface area contributed by atoms with Gasteiger partial charge in [0.25, 0.3) is 5.91 Å². The molecule has 0 aromatic heterocycles. The molecule has 0 radical (unpaired) electrons. The van der Waals surface area contributed by atoms with E-state index >= 15 is 0 Å². The maximum Gasteiger partial charge on any atom is 0.255 e. The Morgan fingerprint density at radius 2 is 1.89 bits per heavy atom. The molecule has 2 aromatic carbocycles. The number of nitriles is 1. The van der Waals surface area contributed by atoms with Gasteiger partial charge >= 0.3 is 0 Å². The van der Waals surface area contributed by atoms with Crippen LogP contribution in [0.15, 0.2) is 54.6 Å². The van der Waals surface area contributed by atoms with Gasteiger partial charge in [0, 0.05) is 20.1 Å². The molecule has 2 aliphatic heterocycles. The fourth-order valence-electron chi connectivity index (χ4n) is 4.35. The summed E-state index contributed by atoms with van der Waals surface area (Å²) in [6, 6.07) is 18.8. The van der Waals surface area contributed by atoms with E-state index in [1.165, 1.54) is 0 Å². The van der Waals surface area contributed by atoms with Crippen molar-refractivity contribution in [3.8, 4) is 6.07 Å². The first-order valence-corrected chi connectivity index (χ1v) is 9.30. The summed E-state index contributed by atoms with van der Waals surface area (Å²) in [7, 11) is 1.81. The van der Waals surface area contributed by atoms with Crippen molar-refractivity contribution < 1.29 is 14.3 Å². The number of fused-ring (bicyclic) bond motifs is 1. The number of amides is 2. The second-order valence-electron chi connectivity index (χ2n) is 7.20. The number of hydrogen-bond acceptors (Lipinski definition) is 4. The van der Waals surface area contributed by atoms with E-state index in [2.05, 4.69) is 6.07 Å². The zero-order valence-electron chi connectivity index (χ0n) is 15.7. The molecular formula is C22H21N3O3. The summed E-state index contributed by atoms with van der Waals surface area (Å²) in [5.74, 6) is -0.239. The normalized spacial score (nSPS) is 24.4. The topological polar surface area (TPSA) is 73.6 Å². The van der Waals surface area contributed by atoms with Crippen molar-refractivity contribution in [3.05, 3.63) is 71.3 Å². The van der Waals surface area contributed by atoms with Gasteiger partial charge in [0.2, 0.25) is 5.91 Å². The monoisotopic (exact) mass is 375 g/mol. The molecule has 142 valence electrons. The maximum atomic E-state index is 13.1. The lowest BCUT2D eigenvalue weighted by Gasteiger charge is -2.54. The second kappa shape index (κ2) is 7.10. The minimum atomic E-state index is -0.595. The third-order valence-electron chi connectivity index (χ3n) is 5.90. The van der Waals surface area contributed by atoms with E-state index in [1.807, 2.05) is 37.4 Å². The predicted octanol–water partition coefficient (Wildman–Crippen LogP) is 2.16. The zero-order chi connectivity index (χ0) is 19.7. The van der Waals surface area contributed by atoms with Crippen molar-refractivity contribution in [2.75, 3.05) is 26.7 Å². The van der Waals surface area contributed by atoms with Gasteiger partial charge in [0.05, 0.1) is 22.7 Å². The van der Waals surface area contributed by atoms with Crippen molar-refractivity contribution in [2.45, 2.75) is 18.1 Å². The number of piperidine rings is 1. The average Bonchev–Trinajstić information content (AvgIpc) is 2.76. The number of benzene rings is 2. The Labute approximate surface area is 163 Å². The van der Waals surface area contributed by atoms with Gasteiger partial charge < -0.3 is 14.5 Å². The molecule has 2 aliphatic rings. The van der Waals surface area contributed by atoms with Crippen LogP contribution in [0, 0.1) is 11.3 Å². The second-order valence-corrected chi connectivity index (χ2v) is 7.20. The van der Waals surface area contributed by atoms with E-state index in [1.54, 1.807) is 34.1 Å². The Morgan fingerprint density at radius 1 is 1.18 bits per heavy atom. The number of carbonyl (C=O) groups excluding carboxylic acids is 2. The molecule has 0 aliphatic carbocycles. The number of morpholine rings is 1. The van der Waals surface area contributed by atoms with Crippen LogP contribution in [-0.4, -0.2) is 54.5 Å². The van der Waals surface area contributed by atoms with Gasteiger partial charge in [-0.15, -0.1) is 0 Å². The third kappa shape index (κ3) is 2.76. The molecule has 0 saturated carbocycles. The molecule has 4 rings (SSSR count). The van der Waals surface area contributed by atoms with Crippen molar-refractivity contribution in [1.29, 1.82) is 5.26 Å². The van der Waals surface area contributed by atoms with E-state index in [0.717, 1.165) is 5.56 Å². The SMILES string of the molecule is CN1C(=O)CO[C@@H]2CN(C(=O)c3ccccc3C#N)CC[C@]21c1ccccc1. The summed E-state index contributed by atoms with van der Waals surface area (Å²) in [5.41, 5.74) is 1.18. The van der Waals surface area contributed by atoms with E-state index in [0.29, 0.717) is 30.6 Å². The first kappa shape index (κ1) is 18.2. The molecule has 2 atom stereocenters. The quantitative estimate of drug-likeness (QED) is 0.806. The van der Waals surface area contributed by atoms with E-state index in [9.17, 15) is 14.9 Å². The van der Waals surface area contributed by atoms with Gasteiger partial charge in [-0.05, 0) is 24.1 Å². The summed E-state index contributed by atoms with van der Waals surface area (Å²) in [6.07, 6.45) is 0.245. The van der Waals surface area contributed by atoms with Crippen molar-refractivity contribution in [2.24, 2.45) is 0 Å². The largest absolute Gasteiger partial charge is 0.364 e. The van der Waals surface area contributed by atoms with Crippen molar-refractivity contribution >= 4 is 11.8 Å². The summed E-state index contributed by atoms with van der Waals surface area (Å²) in [4.78, 5) is 29.0. The number of likely N-dealkylation sites (N-methyl/N-ethyl adjacent to an activating group) is 1. The van der Waals surface area contributed by atoms with Gasteiger partial charge in [-0.25, -0.2) is 0 Å². The Morgan fingerprint density at radius 3 is 2.64 bits per heavy atom. The lowest BCUT2D eigenvalue weighted by Crippen LogP contribution is -2.67. The Hall–Kier alpha value is -3.17. The van der Waals surface area contributed by atoms with Crippen LogP contribution in [0.25, 0.3) is 0 Å².